The highest BCUT2D eigenvalue weighted by Gasteiger charge is 1.99. The number of aryl methyl sites for hydroxylation is 2. The Morgan fingerprint density at radius 2 is 0.933 bits per heavy atom. The van der Waals surface area contributed by atoms with Gasteiger partial charge in [-0.15, -0.1) is 0 Å². The second-order valence-corrected chi connectivity index (χ2v) is 7.07. The van der Waals surface area contributed by atoms with E-state index in [-0.39, 0.29) is 7.43 Å². The minimum atomic E-state index is 0. The summed E-state index contributed by atoms with van der Waals surface area (Å²) in [5, 5.41) is 27.0. The molecule has 0 aromatic heterocycles. The summed E-state index contributed by atoms with van der Waals surface area (Å²) >= 11 is 0. The van der Waals surface area contributed by atoms with Crippen LogP contribution in [0, 0.1) is 13.8 Å². The molecule has 0 heterocycles. The molecule has 3 N–H and O–H groups in total. The van der Waals surface area contributed by atoms with E-state index in [1.165, 1.54) is 0 Å². The third kappa shape index (κ3) is 9.24. The summed E-state index contributed by atoms with van der Waals surface area (Å²) in [6, 6.07) is 19.8. The number of anilines is 2. The largest absolute Gasteiger partial charge is 0.508 e. The number of nitrogens with zero attached hydrogens (tertiary/aromatic N) is 2. The van der Waals surface area contributed by atoms with Crippen LogP contribution in [-0.4, -0.2) is 43.5 Å². The van der Waals surface area contributed by atoms with Crippen molar-refractivity contribution in [2.45, 2.75) is 21.3 Å². The summed E-state index contributed by atoms with van der Waals surface area (Å²) < 4.78 is 0. The molecule has 0 fully saturated rings. The highest BCUT2D eigenvalue weighted by atomic mass is 16.3. The van der Waals surface area contributed by atoms with Crippen molar-refractivity contribution in [3.63, 3.8) is 0 Å². The van der Waals surface area contributed by atoms with Gasteiger partial charge in [0.05, 0.1) is 0 Å². The smallest absolute Gasteiger partial charge is 0.118 e. The average molecular weight is 413 g/mol. The lowest BCUT2D eigenvalue weighted by Crippen LogP contribution is -2.08. The van der Waals surface area contributed by atoms with Crippen molar-refractivity contribution in [1.29, 1.82) is 0 Å². The van der Waals surface area contributed by atoms with Crippen LogP contribution < -0.4 is 9.80 Å². The number of rotatable bonds is 2. The molecular formula is C25H36N2O3. The molecule has 0 saturated heterocycles. The van der Waals surface area contributed by atoms with Crippen LogP contribution in [-0.2, 0) is 0 Å². The standard InChI is InChI=1S/2C9H13NO.C6H6O.CH4/c2*1-7-6-8(10(2)3)4-5-9(7)11;7-6-4-2-1-3-5-6;/h2*4-6,11H,1-3H3;1-5,7H;1H4. The average Bonchev–Trinajstić information content (AvgIpc) is 2.67. The van der Waals surface area contributed by atoms with Gasteiger partial charge in [0.2, 0.25) is 0 Å². The van der Waals surface area contributed by atoms with Gasteiger partial charge in [-0.25, -0.2) is 0 Å². The van der Waals surface area contributed by atoms with Crippen molar-refractivity contribution in [3.8, 4) is 17.2 Å². The van der Waals surface area contributed by atoms with Crippen LogP contribution in [0.2, 0.25) is 0 Å². The quantitative estimate of drug-likeness (QED) is 0.514. The van der Waals surface area contributed by atoms with E-state index in [2.05, 4.69) is 0 Å². The minimum absolute atomic E-state index is 0. The van der Waals surface area contributed by atoms with E-state index in [4.69, 9.17) is 5.11 Å². The molecule has 0 aliphatic heterocycles. The fourth-order valence-electron chi connectivity index (χ4n) is 2.26. The number of aromatic hydroxyl groups is 3. The molecule has 0 aliphatic carbocycles. The van der Waals surface area contributed by atoms with E-state index in [0.717, 1.165) is 22.5 Å². The first-order valence-corrected chi connectivity index (χ1v) is 9.29. The summed E-state index contributed by atoms with van der Waals surface area (Å²) in [7, 11) is 7.91. The van der Waals surface area contributed by atoms with Gasteiger partial charge in [0, 0.05) is 39.6 Å². The molecule has 3 aromatic rings. The number of hydrogen-bond donors (Lipinski definition) is 3. The predicted molar refractivity (Wildman–Crippen MR) is 129 cm³/mol. The van der Waals surface area contributed by atoms with Crippen molar-refractivity contribution in [1.82, 2.24) is 0 Å². The molecule has 5 heteroatoms. The molecule has 30 heavy (non-hydrogen) atoms. The molecule has 0 saturated carbocycles. The Hall–Kier alpha value is -3.34. The molecule has 3 aromatic carbocycles. The van der Waals surface area contributed by atoms with Gasteiger partial charge in [-0.2, -0.15) is 0 Å². The summed E-state index contributed by atoms with van der Waals surface area (Å²) in [5.41, 5.74) is 4.05. The van der Waals surface area contributed by atoms with Gasteiger partial charge in [0.1, 0.15) is 17.2 Å². The number of phenols is 3. The second-order valence-electron chi connectivity index (χ2n) is 7.07. The van der Waals surface area contributed by atoms with Crippen molar-refractivity contribution < 1.29 is 15.3 Å². The number of benzene rings is 3. The Kier molecular flexibility index (Phi) is 11.5. The molecule has 0 bridgehead atoms. The normalized spacial score (nSPS) is 9.13. The molecule has 0 atom stereocenters. The Morgan fingerprint density at radius 1 is 0.567 bits per heavy atom. The van der Waals surface area contributed by atoms with Gasteiger partial charge in [0.15, 0.2) is 0 Å². The van der Waals surface area contributed by atoms with E-state index in [9.17, 15) is 10.2 Å². The topological polar surface area (TPSA) is 67.2 Å². The minimum Gasteiger partial charge on any atom is -0.508 e. The predicted octanol–water partition coefficient (Wildman–Crippen LogP) is 5.56. The molecular weight excluding hydrogens is 376 g/mol. The van der Waals surface area contributed by atoms with Crippen LogP contribution in [0.3, 0.4) is 0 Å². The van der Waals surface area contributed by atoms with Crippen molar-refractivity contribution in [3.05, 3.63) is 77.9 Å². The highest BCUT2D eigenvalue weighted by molar-refractivity contribution is 5.52. The fourth-order valence-corrected chi connectivity index (χ4v) is 2.26. The summed E-state index contributed by atoms with van der Waals surface area (Å²) in [5.74, 6) is 1.04. The zero-order valence-corrected chi connectivity index (χ0v) is 18.1. The molecule has 0 radical (unpaired) electrons. The van der Waals surface area contributed by atoms with Gasteiger partial charge in [-0.3, -0.25) is 0 Å². The third-order valence-electron chi connectivity index (χ3n) is 4.15. The molecule has 3 rings (SSSR count). The fraction of sp³-hybridized carbons (Fsp3) is 0.280. The lowest BCUT2D eigenvalue weighted by atomic mass is 10.2. The SMILES string of the molecule is C.Cc1cc(N(C)C)ccc1O.Cc1cc(N(C)C)ccc1O.Oc1ccccc1. The van der Waals surface area contributed by atoms with Crippen LogP contribution >= 0.6 is 0 Å². The Morgan fingerprint density at radius 3 is 1.17 bits per heavy atom. The highest BCUT2D eigenvalue weighted by Crippen LogP contribution is 2.22. The second kappa shape index (κ2) is 13.0. The van der Waals surface area contributed by atoms with E-state index in [1.807, 2.05) is 82.2 Å². The van der Waals surface area contributed by atoms with E-state index >= 15 is 0 Å². The molecule has 0 spiro atoms. The number of hydrogen-bond acceptors (Lipinski definition) is 5. The van der Waals surface area contributed by atoms with Crippen molar-refractivity contribution >= 4 is 11.4 Å². The molecule has 0 aliphatic rings. The first kappa shape index (κ1) is 26.7. The van der Waals surface area contributed by atoms with Crippen LogP contribution in [0.4, 0.5) is 11.4 Å². The van der Waals surface area contributed by atoms with Gasteiger partial charge in [0.25, 0.3) is 0 Å². The van der Waals surface area contributed by atoms with Gasteiger partial charge in [-0.05, 0) is 73.5 Å². The van der Waals surface area contributed by atoms with Crippen LogP contribution in [0.15, 0.2) is 66.7 Å². The Balaban J connectivity index is 0.000000424. The zero-order chi connectivity index (χ0) is 22.0. The number of para-hydroxylation sites is 1. The molecule has 0 unspecified atom stereocenters. The van der Waals surface area contributed by atoms with Gasteiger partial charge < -0.3 is 25.1 Å². The maximum atomic E-state index is 9.21. The molecule has 0 amide bonds. The zero-order valence-electron chi connectivity index (χ0n) is 18.1. The number of phenolic OH excluding ortho intramolecular Hbond substituents is 3. The van der Waals surface area contributed by atoms with Crippen molar-refractivity contribution in [2.24, 2.45) is 0 Å². The van der Waals surface area contributed by atoms with Gasteiger partial charge in [-0.1, -0.05) is 25.6 Å². The lowest BCUT2D eigenvalue weighted by Gasteiger charge is -2.12. The van der Waals surface area contributed by atoms with E-state index in [1.54, 1.807) is 36.4 Å². The summed E-state index contributed by atoms with van der Waals surface area (Å²) in [6.07, 6.45) is 0. The summed E-state index contributed by atoms with van der Waals surface area (Å²) in [6.45, 7) is 3.78. The lowest BCUT2D eigenvalue weighted by molar-refractivity contribution is 0.470. The van der Waals surface area contributed by atoms with E-state index < -0.39 is 0 Å². The maximum Gasteiger partial charge on any atom is 0.118 e. The summed E-state index contributed by atoms with van der Waals surface area (Å²) in [4.78, 5) is 4.01. The first-order valence-electron chi connectivity index (χ1n) is 9.29. The van der Waals surface area contributed by atoms with E-state index in [0.29, 0.717) is 17.2 Å². The third-order valence-corrected chi connectivity index (χ3v) is 4.15. The maximum absolute atomic E-state index is 9.21. The first-order chi connectivity index (χ1) is 13.6. The van der Waals surface area contributed by atoms with Crippen molar-refractivity contribution in [2.75, 3.05) is 38.0 Å². The van der Waals surface area contributed by atoms with Crippen LogP contribution in [0.1, 0.15) is 18.6 Å². The molecule has 5 nitrogen and oxygen atoms in total. The Bertz CT molecular complexity index is 823. The van der Waals surface area contributed by atoms with Gasteiger partial charge >= 0.3 is 0 Å². The molecule has 164 valence electrons. The van der Waals surface area contributed by atoms with Crippen LogP contribution in [0.5, 0.6) is 17.2 Å². The Labute approximate surface area is 181 Å². The van der Waals surface area contributed by atoms with Crippen LogP contribution in [0.25, 0.3) is 0 Å². The monoisotopic (exact) mass is 412 g/mol.